The van der Waals surface area contributed by atoms with E-state index in [9.17, 15) is 0 Å². The van der Waals surface area contributed by atoms with Gasteiger partial charge in [0.1, 0.15) is 0 Å². The van der Waals surface area contributed by atoms with Gasteiger partial charge in [-0.2, -0.15) is 0 Å². The van der Waals surface area contributed by atoms with E-state index < -0.39 is 0 Å². The van der Waals surface area contributed by atoms with Crippen molar-refractivity contribution < 1.29 is 5.48 Å². The summed E-state index contributed by atoms with van der Waals surface area (Å²) >= 11 is 0. The van der Waals surface area contributed by atoms with Gasteiger partial charge in [-0.3, -0.25) is 4.90 Å². The molecule has 0 aliphatic carbocycles. The molecule has 3 heteroatoms. The summed E-state index contributed by atoms with van der Waals surface area (Å²) in [5.41, 5.74) is 0. The van der Waals surface area contributed by atoms with Crippen molar-refractivity contribution in [3.05, 3.63) is 0 Å². The summed E-state index contributed by atoms with van der Waals surface area (Å²) in [7, 11) is 0. The van der Waals surface area contributed by atoms with Gasteiger partial charge in [-0.1, -0.05) is 0 Å². The van der Waals surface area contributed by atoms with Crippen molar-refractivity contribution in [2.75, 3.05) is 19.8 Å². The second-order valence-electron chi connectivity index (χ2n) is 2.78. The molecule has 2 bridgehead atoms. The molecular formula is C6H14N2O. The normalized spacial score (nSPS) is 40.0. The minimum Gasteiger partial charge on any atom is -0.412 e. The Hall–Kier alpha value is -0.120. The molecule has 0 aromatic heterocycles. The summed E-state index contributed by atoms with van der Waals surface area (Å²) in [4.78, 5) is 2.48. The molecule has 2 unspecified atom stereocenters. The summed E-state index contributed by atoms with van der Waals surface area (Å²) in [6.07, 6.45) is 2.80. The molecule has 2 fully saturated rings. The van der Waals surface area contributed by atoms with Crippen molar-refractivity contribution in [2.45, 2.75) is 18.9 Å². The Morgan fingerprint density at radius 2 is 2.33 bits per heavy atom. The fourth-order valence-corrected chi connectivity index (χ4v) is 1.62. The standard InChI is InChI=1S/C6H12N2.H2O/c1-2-6-4-8(3-1)5-7-6;/h6-7H,1-5H2;1H2. The Bertz CT molecular complexity index is 83.1. The predicted molar refractivity (Wildman–Crippen MR) is 36.2 cm³/mol. The van der Waals surface area contributed by atoms with E-state index in [4.69, 9.17) is 0 Å². The molecule has 2 heterocycles. The number of nitrogens with zero attached hydrogens (tertiary/aromatic N) is 1. The Morgan fingerprint density at radius 1 is 1.44 bits per heavy atom. The number of hydrogen-bond donors (Lipinski definition) is 1. The lowest BCUT2D eigenvalue weighted by Gasteiger charge is -2.19. The van der Waals surface area contributed by atoms with E-state index in [0.29, 0.717) is 0 Å². The van der Waals surface area contributed by atoms with Crippen LogP contribution < -0.4 is 5.32 Å². The molecule has 3 N–H and O–H groups in total. The van der Waals surface area contributed by atoms with E-state index in [2.05, 4.69) is 10.2 Å². The maximum Gasteiger partial charge on any atom is 0.0483 e. The highest BCUT2D eigenvalue weighted by atomic mass is 16.0. The van der Waals surface area contributed by atoms with Gasteiger partial charge in [0.15, 0.2) is 0 Å². The molecule has 0 saturated carbocycles. The highest BCUT2D eigenvalue weighted by molar-refractivity contribution is 4.83. The molecule has 2 atom stereocenters. The monoisotopic (exact) mass is 130 g/mol. The lowest BCUT2D eigenvalue weighted by molar-refractivity contribution is 0.293. The van der Waals surface area contributed by atoms with Gasteiger partial charge in [0, 0.05) is 19.3 Å². The average molecular weight is 130 g/mol. The maximum atomic E-state index is 3.44. The van der Waals surface area contributed by atoms with Crippen LogP contribution in [0.25, 0.3) is 0 Å². The fraction of sp³-hybridized carbons (Fsp3) is 1.00. The third-order valence-electron chi connectivity index (χ3n) is 2.11. The van der Waals surface area contributed by atoms with Gasteiger partial charge in [-0.15, -0.1) is 0 Å². The van der Waals surface area contributed by atoms with Crippen molar-refractivity contribution in [2.24, 2.45) is 0 Å². The number of rotatable bonds is 0. The zero-order chi connectivity index (χ0) is 5.40. The molecule has 2 aliphatic heterocycles. The van der Waals surface area contributed by atoms with Gasteiger partial charge >= 0.3 is 0 Å². The van der Waals surface area contributed by atoms with Crippen LogP contribution in [-0.2, 0) is 0 Å². The van der Waals surface area contributed by atoms with Crippen LogP contribution in [0.1, 0.15) is 12.8 Å². The SMILES string of the molecule is C1CC2CN(C1)CN2.O. The minimum atomic E-state index is 0. The number of piperidine rings is 1. The second kappa shape index (κ2) is 2.64. The van der Waals surface area contributed by atoms with Gasteiger partial charge in [-0.25, -0.2) is 0 Å². The van der Waals surface area contributed by atoms with E-state index >= 15 is 0 Å². The molecule has 0 radical (unpaired) electrons. The van der Waals surface area contributed by atoms with Crippen molar-refractivity contribution in [3.8, 4) is 0 Å². The van der Waals surface area contributed by atoms with E-state index in [0.717, 1.165) is 12.7 Å². The first-order valence-corrected chi connectivity index (χ1v) is 3.41. The van der Waals surface area contributed by atoms with Crippen molar-refractivity contribution in [1.29, 1.82) is 0 Å². The van der Waals surface area contributed by atoms with Gasteiger partial charge in [0.25, 0.3) is 0 Å². The maximum absolute atomic E-state index is 3.44. The number of hydrogen-bond acceptors (Lipinski definition) is 2. The van der Waals surface area contributed by atoms with Crippen LogP contribution in [0.15, 0.2) is 0 Å². The van der Waals surface area contributed by atoms with Gasteiger partial charge in [-0.05, 0) is 19.4 Å². The first-order chi connectivity index (χ1) is 3.95. The molecular weight excluding hydrogens is 116 g/mol. The minimum absolute atomic E-state index is 0. The van der Waals surface area contributed by atoms with E-state index in [1.165, 1.54) is 25.9 Å². The molecule has 0 aromatic carbocycles. The zero-order valence-electron chi connectivity index (χ0n) is 5.56. The third kappa shape index (κ3) is 1.23. The molecule has 0 spiro atoms. The predicted octanol–water partition coefficient (Wildman–Crippen LogP) is -0.813. The van der Waals surface area contributed by atoms with Crippen LogP contribution in [-0.4, -0.2) is 36.2 Å². The Labute approximate surface area is 55.3 Å². The molecule has 54 valence electrons. The van der Waals surface area contributed by atoms with Crippen LogP contribution in [0.2, 0.25) is 0 Å². The third-order valence-corrected chi connectivity index (χ3v) is 2.11. The zero-order valence-corrected chi connectivity index (χ0v) is 5.56. The average Bonchev–Trinajstić information content (AvgIpc) is 2.12. The van der Waals surface area contributed by atoms with Crippen molar-refractivity contribution in [1.82, 2.24) is 10.2 Å². The molecule has 2 rings (SSSR count). The molecule has 3 nitrogen and oxygen atoms in total. The fourth-order valence-electron chi connectivity index (χ4n) is 1.62. The molecule has 0 aromatic rings. The first kappa shape index (κ1) is 6.99. The van der Waals surface area contributed by atoms with E-state index in [-0.39, 0.29) is 5.48 Å². The van der Waals surface area contributed by atoms with Gasteiger partial charge in [0.05, 0.1) is 0 Å². The highest BCUT2D eigenvalue weighted by Crippen LogP contribution is 2.13. The van der Waals surface area contributed by atoms with E-state index in [1.54, 1.807) is 0 Å². The summed E-state index contributed by atoms with van der Waals surface area (Å²) < 4.78 is 0. The smallest absolute Gasteiger partial charge is 0.0483 e. The Morgan fingerprint density at radius 3 is 3.00 bits per heavy atom. The second-order valence-corrected chi connectivity index (χ2v) is 2.78. The van der Waals surface area contributed by atoms with Crippen molar-refractivity contribution in [3.63, 3.8) is 0 Å². The van der Waals surface area contributed by atoms with Crippen molar-refractivity contribution >= 4 is 0 Å². The lowest BCUT2D eigenvalue weighted by Crippen LogP contribution is -2.29. The highest BCUT2D eigenvalue weighted by Gasteiger charge is 2.24. The summed E-state index contributed by atoms with van der Waals surface area (Å²) in [6, 6.07) is 0.837. The Kier molecular flexibility index (Phi) is 2.05. The summed E-state index contributed by atoms with van der Waals surface area (Å²) in [5.74, 6) is 0. The number of nitrogens with one attached hydrogen (secondary N) is 1. The van der Waals surface area contributed by atoms with Crippen LogP contribution in [0.5, 0.6) is 0 Å². The molecule has 0 amide bonds. The quantitative estimate of drug-likeness (QED) is 0.466. The summed E-state index contributed by atoms with van der Waals surface area (Å²) in [5, 5.41) is 3.44. The topological polar surface area (TPSA) is 46.8 Å². The molecule has 2 aliphatic rings. The summed E-state index contributed by atoms with van der Waals surface area (Å²) in [6.45, 7) is 3.77. The van der Waals surface area contributed by atoms with Gasteiger partial charge in [0.2, 0.25) is 0 Å². The largest absolute Gasteiger partial charge is 0.412 e. The number of fused-ring (bicyclic) bond motifs is 2. The van der Waals surface area contributed by atoms with Crippen LogP contribution in [0.4, 0.5) is 0 Å². The molecule has 2 saturated heterocycles. The molecule has 9 heavy (non-hydrogen) atoms. The van der Waals surface area contributed by atoms with Gasteiger partial charge < -0.3 is 10.8 Å². The van der Waals surface area contributed by atoms with E-state index in [1.807, 2.05) is 0 Å². The van der Waals surface area contributed by atoms with Crippen LogP contribution in [0.3, 0.4) is 0 Å². The van der Waals surface area contributed by atoms with Crippen LogP contribution in [0, 0.1) is 0 Å². The van der Waals surface area contributed by atoms with Crippen LogP contribution >= 0.6 is 0 Å². The lowest BCUT2D eigenvalue weighted by atomic mass is 10.1. The Balaban J connectivity index is 0.000000405. The first-order valence-electron chi connectivity index (χ1n) is 3.41.